The van der Waals surface area contributed by atoms with E-state index in [1.165, 1.54) is 20.8 Å². The van der Waals surface area contributed by atoms with Crippen LogP contribution in [0.15, 0.2) is 4.90 Å². The zero-order chi connectivity index (χ0) is 16.4. The summed E-state index contributed by atoms with van der Waals surface area (Å²) < 4.78 is 31.5. The molecule has 118 valence electrons. The number of hydrogen-bond donors (Lipinski definition) is 3. The number of carbonyl (C=O) groups is 2. The van der Waals surface area contributed by atoms with Crippen molar-refractivity contribution in [1.82, 2.24) is 9.71 Å². The Morgan fingerprint density at radius 2 is 1.95 bits per heavy atom. The third-order valence-electron chi connectivity index (χ3n) is 2.82. The molecule has 0 aromatic carbocycles. The molecule has 1 aromatic rings. The van der Waals surface area contributed by atoms with Gasteiger partial charge in [0, 0.05) is 11.3 Å². The molecule has 0 amide bonds. The van der Waals surface area contributed by atoms with E-state index in [9.17, 15) is 18.0 Å². The van der Waals surface area contributed by atoms with Gasteiger partial charge < -0.3 is 14.8 Å². The minimum atomic E-state index is -4.04. The van der Waals surface area contributed by atoms with E-state index in [2.05, 4.69) is 9.71 Å². The lowest BCUT2D eigenvalue weighted by molar-refractivity contribution is -0.144. The van der Waals surface area contributed by atoms with E-state index in [-0.39, 0.29) is 28.5 Å². The number of carbonyl (C=O) groups excluding carboxylic acids is 1. The van der Waals surface area contributed by atoms with Gasteiger partial charge in [-0.3, -0.25) is 4.79 Å². The summed E-state index contributed by atoms with van der Waals surface area (Å²) in [7, 11) is -4.04. The molecule has 0 fully saturated rings. The SMILES string of the molecule is CCOC(=O)C(C)NS(=O)(=O)c1c(C)[nH]c(C(=O)O)c1C. The zero-order valence-corrected chi connectivity index (χ0v) is 13.0. The van der Waals surface area contributed by atoms with Crippen LogP contribution in [0.2, 0.25) is 0 Å². The number of H-pyrrole nitrogens is 1. The fraction of sp³-hybridized carbons (Fsp3) is 0.500. The van der Waals surface area contributed by atoms with Crippen LogP contribution in [0.4, 0.5) is 0 Å². The molecule has 0 saturated carbocycles. The van der Waals surface area contributed by atoms with Crippen LogP contribution in [0.25, 0.3) is 0 Å². The van der Waals surface area contributed by atoms with Crippen molar-refractivity contribution in [2.24, 2.45) is 0 Å². The summed E-state index contributed by atoms with van der Waals surface area (Å²) in [6, 6.07) is -1.07. The first kappa shape index (κ1) is 17.2. The molecule has 0 aliphatic carbocycles. The lowest BCUT2D eigenvalue weighted by atomic mass is 10.2. The summed E-state index contributed by atoms with van der Waals surface area (Å²) in [5.74, 6) is -1.96. The molecule has 1 heterocycles. The van der Waals surface area contributed by atoms with Crippen molar-refractivity contribution in [3.8, 4) is 0 Å². The van der Waals surface area contributed by atoms with E-state index in [1.807, 2.05) is 0 Å². The Labute approximate surface area is 122 Å². The summed E-state index contributed by atoms with van der Waals surface area (Å²) >= 11 is 0. The normalized spacial score (nSPS) is 13.0. The summed E-state index contributed by atoms with van der Waals surface area (Å²) in [5.41, 5.74) is 0.0775. The van der Waals surface area contributed by atoms with Gasteiger partial charge in [-0.1, -0.05) is 0 Å². The fourth-order valence-corrected chi connectivity index (χ4v) is 3.60. The van der Waals surface area contributed by atoms with E-state index in [1.54, 1.807) is 6.92 Å². The van der Waals surface area contributed by atoms with Crippen molar-refractivity contribution in [2.75, 3.05) is 6.61 Å². The molecule has 21 heavy (non-hydrogen) atoms. The first-order valence-electron chi connectivity index (χ1n) is 6.23. The van der Waals surface area contributed by atoms with E-state index in [0.29, 0.717) is 0 Å². The van der Waals surface area contributed by atoms with Gasteiger partial charge in [0.1, 0.15) is 16.6 Å². The number of esters is 1. The summed E-state index contributed by atoms with van der Waals surface area (Å²) in [6.45, 7) is 5.93. The second kappa shape index (κ2) is 6.27. The molecule has 9 heteroatoms. The van der Waals surface area contributed by atoms with Crippen LogP contribution in [0.3, 0.4) is 0 Å². The molecule has 1 aromatic heterocycles. The molecule has 0 aliphatic heterocycles. The first-order chi connectivity index (χ1) is 9.61. The maximum atomic E-state index is 12.3. The summed E-state index contributed by atoms with van der Waals surface area (Å²) in [6.07, 6.45) is 0. The van der Waals surface area contributed by atoms with Crippen LogP contribution < -0.4 is 4.72 Å². The van der Waals surface area contributed by atoms with Crippen molar-refractivity contribution >= 4 is 22.0 Å². The topological polar surface area (TPSA) is 126 Å². The van der Waals surface area contributed by atoms with Crippen LogP contribution in [-0.4, -0.2) is 43.1 Å². The van der Waals surface area contributed by atoms with E-state index in [4.69, 9.17) is 9.84 Å². The maximum absolute atomic E-state index is 12.3. The number of rotatable bonds is 6. The van der Waals surface area contributed by atoms with Gasteiger partial charge >= 0.3 is 11.9 Å². The fourth-order valence-electron chi connectivity index (χ4n) is 1.96. The number of carboxylic acid groups (broad SMARTS) is 1. The maximum Gasteiger partial charge on any atom is 0.352 e. The Hall–Kier alpha value is -1.87. The number of aromatic carboxylic acids is 1. The van der Waals surface area contributed by atoms with Crippen molar-refractivity contribution in [1.29, 1.82) is 0 Å². The van der Waals surface area contributed by atoms with Gasteiger partial charge in [-0.2, -0.15) is 4.72 Å². The Balaban J connectivity index is 3.15. The van der Waals surface area contributed by atoms with Crippen LogP contribution >= 0.6 is 0 Å². The van der Waals surface area contributed by atoms with Gasteiger partial charge in [-0.15, -0.1) is 0 Å². The molecule has 0 aliphatic rings. The quantitative estimate of drug-likeness (QED) is 0.658. The molecule has 0 radical (unpaired) electrons. The second-order valence-electron chi connectivity index (χ2n) is 4.48. The van der Waals surface area contributed by atoms with Crippen molar-refractivity contribution < 1.29 is 27.9 Å². The van der Waals surface area contributed by atoms with Gasteiger partial charge in [0.25, 0.3) is 0 Å². The predicted molar refractivity (Wildman–Crippen MR) is 73.6 cm³/mol. The van der Waals surface area contributed by atoms with Gasteiger partial charge in [0.15, 0.2) is 0 Å². The lowest BCUT2D eigenvalue weighted by Crippen LogP contribution is -2.39. The average molecular weight is 318 g/mol. The Morgan fingerprint density at radius 3 is 2.38 bits per heavy atom. The van der Waals surface area contributed by atoms with E-state index in [0.717, 1.165) is 0 Å². The van der Waals surface area contributed by atoms with Gasteiger partial charge in [-0.05, 0) is 27.7 Å². The van der Waals surface area contributed by atoms with E-state index >= 15 is 0 Å². The highest BCUT2D eigenvalue weighted by Gasteiger charge is 2.29. The largest absolute Gasteiger partial charge is 0.477 e. The molecule has 3 N–H and O–H groups in total. The lowest BCUT2D eigenvalue weighted by Gasteiger charge is -2.13. The molecule has 0 saturated heterocycles. The number of ether oxygens (including phenoxy) is 1. The van der Waals surface area contributed by atoms with Crippen molar-refractivity contribution in [3.05, 3.63) is 17.0 Å². The standard InChI is InChI=1S/C12H18N2O6S/c1-5-20-12(17)8(4)14-21(18,19)10-6(2)9(11(15)16)13-7(10)3/h8,13-14H,5H2,1-4H3,(H,15,16). The zero-order valence-electron chi connectivity index (χ0n) is 12.2. The van der Waals surface area contributed by atoms with Crippen LogP contribution in [0.5, 0.6) is 0 Å². The Morgan fingerprint density at radius 1 is 1.38 bits per heavy atom. The molecule has 0 bridgehead atoms. The monoisotopic (exact) mass is 318 g/mol. The smallest absolute Gasteiger partial charge is 0.352 e. The predicted octanol–water partition coefficient (Wildman–Crippen LogP) is 0.560. The van der Waals surface area contributed by atoms with Crippen LogP contribution in [0, 0.1) is 13.8 Å². The molecule has 1 rings (SSSR count). The highest BCUT2D eigenvalue weighted by atomic mass is 32.2. The third kappa shape index (κ3) is 3.61. The van der Waals surface area contributed by atoms with Crippen LogP contribution in [0.1, 0.15) is 35.6 Å². The van der Waals surface area contributed by atoms with Crippen LogP contribution in [-0.2, 0) is 19.6 Å². The number of hydrogen-bond acceptors (Lipinski definition) is 5. The third-order valence-corrected chi connectivity index (χ3v) is 4.64. The van der Waals surface area contributed by atoms with Gasteiger partial charge in [0.05, 0.1) is 6.61 Å². The number of aromatic nitrogens is 1. The molecule has 1 atom stereocenters. The van der Waals surface area contributed by atoms with Crippen molar-refractivity contribution in [2.45, 2.75) is 38.6 Å². The number of aromatic amines is 1. The summed E-state index contributed by atoms with van der Waals surface area (Å²) in [5, 5.41) is 8.99. The highest BCUT2D eigenvalue weighted by Crippen LogP contribution is 2.23. The second-order valence-corrected chi connectivity index (χ2v) is 6.13. The van der Waals surface area contributed by atoms with E-state index < -0.39 is 28.0 Å². The number of nitrogens with one attached hydrogen (secondary N) is 2. The van der Waals surface area contributed by atoms with Gasteiger partial charge in [-0.25, -0.2) is 13.2 Å². The minimum absolute atomic E-state index is 0.0866. The summed E-state index contributed by atoms with van der Waals surface area (Å²) in [4.78, 5) is 24.8. The number of aryl methyl sites for hydroxylation is 1. The average Bonchev–Trinajstić information content (AvgIpc) is 2.65. The Bertz CT molecular complexity index is 662. The minimum Gasteiger partial charge on any atom is -0.477 e. The Kier molecular flexibility index (Phi) is 5.13. The number of sulfonamides is 1. The molecular formula is C12H18N2O6S. The molecule has 8 nitrogen and oxygen atoms in total. The molecule has 0 spiro atoms. The van der Waals surface area contributed by atoms with Crippen molar-refractivity contribution in [3.63, 3.8) is 0 Å². The highest BCUT2D eigenvalue weighted by molar-refractivity contribution is 7.89. The molecule has 1 unspecified atom stereocenters. The van der Waals surface area contributed by atoms with Gasteiger partial charge in [0.2, 0.25) is 10.0 Å². The molecular weight excluding hydrogens is 300 g/mol. The number of carboxylic acids is 1. The first-order valence-corrected chi connectivity index (χ1v) is 7.71.